The SMILES string of the molecule is C[C@H]1CC=C(C=O)C1. The summed E-state index contributed by atoms with van der Waals surface area (Å²) in [5.41, 5.74) is 0.984. The number of carbonyl (C=O) groups excluding carboxylic acids is 1. The average Bonchev–Trinajstić information content (AvgIpc) is 2.14. The molecule has 1 heteroatoms. The fraction of sp³-hybridized carbons (Fsp3) is 0.571. The predicted molar refractivity (Wildman–Crippen MR) is 32.5 cm³/mol. The summed E-state index contributed by atoms with van der Waals surface area (Å²) in [6, 6.07) is 0. The smallest absolute Gasteiger partial charge is 0.145 e. The molecule has 0 aromatic heterocycles. The second-order valence-electron chi connectivity index (χ2n) is 2.44. The van der Waals surface area contributed by atoms with Gasteiger partial charge in [0.2, 0.25) is 0 Å². The molecule has 1 aliphatic rings. The van der Waals surface area contributed by atoms with Crippen molar-refractivity contribution in [3.63, 3.8) is 0 Å². The van der Waals surface area contributed by atoms with Crippen molar-refractivity contribution in [1.82, 2.24) is 0 Å². The van der Waals surface area contributed by atoms with Gasteiger partial charge in [-0.25, -0.2) is 0 Å². The molecule has 0 saturated carbocycles. The van der Waals surface area contributed by atoms with E-state index in [1.807, 2.05) is 6.08 Å². The maximum absolute atomic E-state index is 10.1. The van der Waals surface area contributed by atoms with Crippen molar-refractivity contribution in [3.05, 3.63) is 11.6 Å². The van der Waals surface area contributed by atoms with E-state index in [4.69, 9.17) is 0 Å². The first-order chi connectivity index (χ1) is 3.83. The van der Waals surface area contributed by atoms with E-state index in [2.05, 4.69) is 6.92 Å². The number of hydrogen-bond acceptors (Lipinski definition) is 1. The summed E-state index contributed by atoms with van der Waals surface area (Å²) >= 11 is 0. The van der Waals surface area contributed by atoms with Gasteiger partial charge in [0.1, 0.15) is 6.29 Å². The molecule has 0 unspecified atom stereocenters. The van der Waals surface area contributed by atoms with Crippen molar-refractivity contribution in [3.8, 4) is 0 Å². The van der Waals surface area contributed by atoms with Gasteiger partial charge in [-0.1, -0.05) is 13.0 Å². The highest BCUT2D eigenvalue weighted by Gasteiger charge is 2.10. The van der Waals surface area contributed by atoms with E-state index < -0.39 is 0 Å². The minimum Gasteiger partial charge on any atom is -0.298 e. The van der Waals surface area contributed by atoms with Crippen LogP contribution in [0.3, 0.4) is 0 Å². The van der Waals surface area contributed by atoms with Gasteiger partial charge in [-0.15, -0.1) is 0 Å². The fourth-order valence-electron chi connectivity index (χ4n) is 1.02. The summed E-state index contributed by atoms with van der Waals surface area (Å²) in [6.07, 6.45) is 5.07. The molecule has 44 valence electrons. The minimum absolute atomic E-state index is 0.704. The molecule has 0 amide bonds. The van der Waals surface area contributed by atoms with Gasteiger partial charge in [0.05, 0.1) is 0 Å². The number of carbonyl (C=O) groups is 1. The Morgan fingerprint density at radius 3 is 2.88 bits per heavy atom. The Morgan fingerprint density at radius 1 is 1.88 bits per heavy atom. The molecule has 1 aliphatic carbocycles. The van der Waals surface area contributed by atoms with Crippen LogP contribution < -0.4 is 0 Å². The van der Waals surface area contributed by atoms with Crippen molar-refractivity contribution < 1.29 is 4.79 Å². The maximum atomic E-state index is 10.1. The standard InChI is InChI=1S/C7H10O/c1-6-2-3-7(4-6)5-8/h3,5-6H,2,4H2,1H3/t6-/m0/s1. The number of hydrogen-bond donors (Lipinski definition) is 0. The zero-order valence-corrected chi connectivity index (χ0v) is 5.05. The Kier molecular flexibility index (Phi) is 1.47. The molecule has 0 saturated heterocycles. The Bertz CT molecular complexity index is 124. The molecule has 0 heterocycles. The lowest BCUT2D eigenvalue weighted by atomic mass is 10.1. The van der Waals surface area contributed by atoms with Crippen molar-refractivity contribution in [2.45, 2.75) is 19.8 Å². The molecule has 0 fully saturated rings. The molecule has 0 spiro atoms. The summed E-state index contributed by atoms with van der Waals surface area (Å²) in [5, 5.41) is 0. The zero-order valence-electron chi connectivity index (χ0n) is 5.05. The molecule has 8 heavy (non-hydrogen) atoms. The average molecular weight is 110 g/mol. The van der Waals surface area contributed by atoms with Crippen molar-refractivity contribution in [1.29, 1.82) is 0 Å². The molecule has 1 atom stereocenters. The molecule has 0 bridgehead atoms. The topological polar surface area (TPSA) is 17.1 Å². The molecule has 0 N–H and O–H groups in total. The molecule has 0 radical (unpaired) electrons. The molecule has 0 aromatic rings. The van der Waals surface area contributed by atoms with Crippen LogP contribution in [0.5, 0.6) is 0 Å². The number of rotatable bonds is 1. The third-order valence-electron chi connectivity index (χ3n) is 1.52. The molecule has 0 aromatic carbocycles. The van der Waals surface area contributed by atoms with Gasteiger partial charge in [-0.05, 0) is 24.3 Å². The molecule has 1 rings (SSSR count). The quantitative estimate of drug-likeness (QED) is 0.468. The second-order valence-corrected chi connectivity index (χ2v) is 2.44. The highest BCUT2D eigenvalue weighted by atomic mass is 16.1. The van der Waals surface area contributed by atoms with Gasteiger partial charge in [0.15, 0.2) is 0 Å². The highest BCUT2D eigenvalue weighted by Crippen LogP contribution is 2.21. The third-order valence-corrected chi connectivity index (χ3v) is 1.52. The Hall–Kier alpha value is -0.590. The van der Waals surface area contributed by atoms with E-state index in [0.717, 1.165) is 24.7 Å². The maximum Gasteiger partial charge on any atom is 0.145 e. The fourth-order valence-corrected chi connectivity index (χ4v) is 1.02. The summed E-state index contributed by atoms with van der Waals surface area (Å²) in [4.78, 5) is 10.1. The summed E-state index contributed by atoms with van der Waals surface area (Å²) < 4.78 is 0. The van der Waals surface area contributed by atoms with Crippen molar-refractivity contribution in [2.24, 2.45) is 5.92 Å². The third kappa shape index (κ3) is 0.971. The van der Waals surface area contributed by atoms with E-state index in [-0.39, 0.29) is 0 Å². The van der Waals surface area contributed by atoms with E-state index in [0.29, 0.717) is 5.92 Å². The van der Waals surface area contributed by atoms with Crippen molar-refractivity contribution >= 4 is 6.29 Å². The largest absolute Gasteiger partial charge is 0.298 e. The van der Waals surface area contributed by atoms with E-state index >= 15 is 0 Å². The first-order valence-electron chi connectivity index (χ1n) is 2.97. The Balaban J connectivity index is 2.49. The lowest BCUT2D eigenvalue weighted by Crippen LogP contribution is -1.85. The zero-order chi connectivity index (χ0) is 5.98. The van der Waals surface area contributed by atoms with E-state index in [1.54, 1.807) is 0 Å². The molecular weight excluding hydrogens is 100 g/mol. The van der Waals surface area contributed by atoms with Crippen LogP contribution in [0.15, 0.2) is 11.6 Å². The van der Waals surface area contributed by atoms with Gasteiger partial charge >= 0.3 is 0 Å². The van der Waals surface area contributed by atoms with E-state index in [1.165, 1.54) is 0 Å². The summed E-state index contributed by atoms with van der Waals surface area (Å²) in [5.74, 6) is 0.704. The molecule has 0 aliphatic heterocycles. The van der Waals surface area contributed by atoms with Gasteiger partial charge in [-0.3, -0.25) is 4.79 Å². The number of aldehydes is 1. The highest BCUT2D eigenvalue weighted by molar-refractivity contribution is 5.73. The van der Waals surface area contributed by atoms with Gasteiger partial charge in [-0.2, -0.15) is 0 Å². The van der Waals surface area contributed by atoms with E-state index in [9.17, 15) is 4.79 Å². The first-order valence-corrected chi connectivity index (χ1v) is 2.97. The lowest BCUT2D eigenvalue weighted by Gasteiger charge is -1.94. The van der Waals surface area contributed by atoms with Crippen LogP contribution in [0.2, 0.25) is 0 Å². The van der Waals surface area contributed by atoms with Crippen LogP contribution in [0, 0.1) is 5.92 Å². The molecular formula is C7H10O. The Labute approximate surface area is 49.4 Å². The van der Waals surface area contributed by atoms with Gasteiger partial charge < -0.3 is 0 Å². The summed E-state index contributed by atoms with van der Waals surface area (Å²) in [7, 11) is 0. The predicted octanol–water partition coefficient (Wildman–Crippen LogP) is 1.54. The lowest BCUT2D eigenvalue weighted by molar-refractivity contribution is -0.105. The minimum atomic E-state index is 0.704. The normalized spacial score (nSPS) is 27.6. The monoisotopic (exact) mass is 110 g/mol. The van der Waals surface area contributed by atoms with Crippen LogP contribution in [-0.4, -0.2) is 6.29 Å². The van der Waals surface area contributed by atoms with Gasteiger partial charge in [0, 0.05) is 0 Å². The van der Waals surface area contributed by atoms with Crippen LogP contribution in [0.25, 0.3) is 0 Å². The second kappa shape index (κ2) is 2.12. The van der Waals surface area contributed by atoms with Crippen LogP contribution in [0.1, 0.15) is 19.8 Å². The van der Waals surface area contributed by atoms with Gasteiger partial charge in [0.25, 0.3) is 0 Å². The van der Waals surface area contributed by atoms with Crippen molar-refractivity contribution in [2.75, 3.05) is 0 Å². The number of allylic oxidation sites excluding steroid dienone is 2. The summed E-state index contributed by atoms with van der Waals surface area (Å²) in [6.45, 7) is 2.16. The molecule has 1 nitrogen and oxygen atoms in total. The van der Waals surface area contributed by atoms with Crippen LogP contribution in [0.4, 0.5) is 0 Å². The Morgan fingerprint density at radius 2 is 2.62 bits per heavy atom. The van der Waals surface area contributed by atoms with Crippen LogP contribution in [-0.2, 0) is 4.79 Å². The van der Waals surface area contributed by atoms with Crippen LogP contribution >= 0.6 is 0 Å². The first kappa shape index (κ1) is 5.54.